The van der Waals surface area contributed by atoms with E-state index in [-0.39, 0.29) is 4.83 Å². The quantitative estimate of drug-likeness (QED) is 0.683. The molecule has 20 heavy (non-hydrogen) atoms. The predicted octanol–water partition coefficient (Wildman–Crippen LogP) is 5.04. The Labute approximate surface area is 128 Å². The fraction of sp³-hybridized carbons (Fsp3) is 0.200. The first kappa shape index (κ1) is 13.8. The van der Waals surface area contributed by atoms with Crippen LogP contribution in [0.2, 0.25) is 5.02 Å². The van der Waals surface area contributed by atoms with E-state index < -0.39 is 11.6 Å². The van der Waals surface area contributed by atoms with Gasteiger partial charge in [0.05, 0.1) is 11.4 Å². The van der Waals surface area contributed by atoms with Crippen LogP contribution in [0, 0.1) is 11.6 Å². The summed E-state index contributed by atoms with van der Waals surface area (Å²) in [5.74, 6) is -0.950. The molecule has 0 spiro atoms. The Morgan fingerprint density at radius 1 is 1.15 bits per heavy atom. The average molecular weight is 360 g/mol. The van der Waals surface area contributed by atoms with Crippen LogP contribution in [0.5, 0.6) is 5.75 Å². The summed E-state index contributed by atoms with van der Waals surface area (Å²) in [6, 6.07) is 7.49. The number of ether oxygens (including phenoxy) is 1. The number of alkyl halides is 1. The van der Waals surface area contributed by atoms with E-state index in [0.29, 0.717) is 17.2 Å². The van der Waals surface area contributed by atoms with E-state index in [1.807, 2.05) is 6.07 Å². The van der Waals surface area contributed by atoms with Gasteiger partial charge < -0.3 is 4.74 Å². The highest BCUT2D eigenvalue weighted by atomic mass is 79.9. The average Bonchev–Trinajstić information content (AvgIpc) is 2.88. The lowest BCUT2D eigenvalue weighted by Gasteiger charge is -2.15. The molecule has 5 heteroatoms. The van der Waals surface area contributed by atoms with Crippen molar-refractivity contribution in [2.75, 3.05) is 6.61 Å². The van der Waals surface area contributed by atoms with Gasteiger partial charge in [-0.15, -0.1) is 0 Å². The zero-order valence-corrected chi connectivity index (χ0v) is 12.6. The first-order chi connectivity index (χ1) is 9.56. The van der Waals surface area contributed by atoms with Crippen LogP contribution in [-0.4, -0.2) is 6.61 Å². The third kappa shape index (κ3) is 2.42. The minimum atomic E-state index is -0.869. The van der Waals surface area contributed by atoms with Crippen LogP contribution in [0.4, 0.5) is 8.78 Å². The van der Waals surface area contributed by atoms with E-state index in [1.165, 1.54) is 6.07 Å². The second kappa shape index (κ2) is 5.34. The second-order valence-corrected chi connectivity index (χ2v) is 5.97. The van der Waals surface area contributed by atoms with Gasteiger partial charge in [0.1, 0.15) is 5.75 Å². The summed E-state index contributed by atoms with van der Waals surface area (Å²) < 4.78 is 32.0. The van der Waals surface area contributed by atoms with Crippen molar-refractivity contribution in [2.24, 2.45) is 0 Å². The summed E-state index contributed by atoms with van der Waals surface area (Å²) in [5, 5.41) is 0.608. The van der Waals surface area contributed by atoms with Gasteiger partial charge in [-0.3, -0.25) is 0 Å². The van der Waals surface area contributed by atoms with Crippen LogP contribution < -0.4 is 4.74 Å². The third-order valence-electron chi connectivity index (χ3n) is 3.29. The van der Waals surface area contributed by atoms with Crippen molar-refractivity contribution < 1.29 is 13.5 Å². The summed E-state index contributed by atoms with van der Waals surface area (Å²) in [4.78, 5) is -0.303. The Bertz CT molecular complexity index is 675. The Hall–Kier alpha value is -1.13. The van der Waals surface area contributed by atoms with Gasteiger partial charge in [0.2, 0.25) is 0 Å². The van der Waals surface area contributed by atoms with E-state index in [4.69, 9.17) is 16.3 Å². The van der Waals surface area contributed by atoms with E-state index in [9.17, 15) is 8.78 Å². The molecule has 0 saturated carbocycles. The Morgan fingerprint density at radius 3 is 2.70 bits per heavy atom. The highest BCUT2D eigenvalue weighted by Gasteiger charge is 2.23. The van der Waals surface area contributed by atoms with Gasteiger partial charge in [0, 0.05) is 17.0 Å². The van der Waals surface area contributed by atoms with Gasteiger partial charge in [-0.05, 0) is 35.4 Å². The minimum Gasteiger partial charge on any atom is -0.493 e. The van der Waals surface area contributed by atoms with E-state index >= 15 is 0 Å². The molecule has 104 valence electrons. The molecule has 1 aliphatic rings. The highest BCUT2D eigenvalue weighted by Crippen LogP contribution is 2.42. The first-order valence-electron chi connectivity index (χ1n) is 6.10. The molecular weight excluding hydrogens is 350 g/mol. The summed E-state index contributed by atoms with van der Waals surface area (Å²) in [5.41, 5.74) is 2.49. The fourth-order valence-corrected chi connectivity index (χ4v) is 3.21. The lowest BCUT2D eigenvalue weighted by atomic mass is 10.0. The van der Waals surface area contributed by atoms with Gasteiger partial charge in [-0.25, -0.2) is 8.78 Å². The molecule has 1 aliphatic heterocycles. The second-order valence-electron chi connectivity index (χ2n) is 4.62. The Kier molecular flexibility index (Phi) is 3.69. The van der Waals surface area contributed by atoms with Gasteiger partial charge >= 0.3 is 0 Å². The van der Waals surface area contributed by atoms with Crippen molar-refractivity contribution in [2.45, 2.75) is 11.2 Å². The first-order valence-corrected chi connectivity index (χ1v) is 7.40. The molecule has 3 rings (SSSR count). The van der Waals surface area contributed by atoms with Crippen molar-refractivity contribution in [3.05, 3.63) is 63.7 Å². The highest BCUT2D eigenvalue weighted by molar-refractivity contribution is 9.09. The maximum atomic E-state index is 13.4. The molecule has 0 radical (unpaired) electrons. The van der Waals surface area contributed by atoms with Gasteiger partial charge in [0.25, 0.3) is 0 Å². The van der Waals surface area contributed by atoms with Crippen molar-refractivity contribution in [3.63, 3.8) is 0 Å². The molecule has 1 heterocycles. The molecule has 0 fully saturated rings. The largest absolute Gasteiger partial charge is 0.493 e. The Morgan fingerprint density at radius 2 is 1.95 bits per heavy atom. The van der Waals surface area contributed by atoms with Crippen LogP contribution >= 0.6 is 27.5 Å². The smallest absolute Gasteiger partial charge is 0.159 e. The number of hydrogen-bond acceptors (Lipinski definition) is 1. The molecular formula is C15H10BrClF2O. The number of rotatable bonds is 2. The van der Waals surface area contributed by atoms with Crippen molar-refractivity contribution in [1.29, 1.82) is 0 Å². The van der Waals surface area contributed by atoms with Gasteiger partial charge in [0.15, 0.2) is 11.6 Å². The molecule has 0 aliphatic carbocycles. The summed E-state index contributed by atoms with van der Waals surface area (Å²) in [7, 11) is 0. The van der Waals surface area contributed by atoms with Gasteiger partial charge in [-0.2, -0.15) is 0 Å². The molecule has 0 bridgehead atoms. The van der Waals surface area contributed by atoms with E-state index in [0.717, 1.165) is 29.4 Å². The van der Waals surface area contributed by atoms with Gasteiger partial charge in [-0.1, -0.05) is 33.6 Å². The van der Waals surface area contributed by atoms with Crippen LogP contribution in [-0.2, 0) is 6.42 Å². The normalized spacial score (nSPS) is 14.8. The number of halogens is 4. The molecule has 1 atom stereocenters. The van der Waals surface area contributed by atoms with Crippen LogP contribution in [0.3, 0.4) is 0 Å². The van der Waals surface area contributed by atoms with Crippen molar-refractivity contribution >= 4 is 27.5 Å². The van der Waals surface area contributed by atoms with Crippen molar-refractivity contribution in [3.8, 4) is 5.75 Å². The lowest BCUT2D eigenvalue weighted by molar-refractivity contribution is 0.354. The summed E-state index contributed by atoms with van der Waals surface area (Å²) in [6.07, 6.45) is 0.806. The number of hydrogen-bond donors (Lipinski definition) is 0. The molecule has 0 aromatic heterocycles. The van der Waals surface area contributed by atoms with E-state index in [1.54, 1.807) is 12.1 Å². The molecule has 1 nitrogen and oxygen atoms in total. The third-order valence-corrected chi connectivity index (χ3v) is 4.53. The summed E-state index contributed by atoms with van der Waals surface area (Å²) in [6.45, 7) is 0.611. The molecule has 2 aromatic carbocycles. The van der Waals surface area contributed by atoms with Crippen LogP contribution in [0.15, 0.2) is 30.3 Å². The van der Waals surface area contributed by atoms with Crippen LogP contribution in [0.1, 0.15) is 21.5 Å². The fourth-order valence-electron chi connectivity index (χ4n) is 2.34. The summed E-state index contributed by atoms with van der Waals surface area (Å²) >= 11 is 9.62. The standard InChI is InChI=1S/C15H10BrClF2O/c16-14(8-1-2-12(18)13(19)6-8)11-7-10(17)5-9-3-4-20-15(9)11/h1-2,5-7,14H,3-4H2. The molecule has 2 aromatic rings. The molecule has 1 unspecified atom stereocenters. The number of benzene rings is 2. The molecule has 0 amide bonds. The minimum absolute atomic E-state index is 0.303. The number of fused-ring (bicyclic) bond motifs is 1. The molecule has 0 N–H and O–H groups in total. The SMILES string of the molecule is Fc1ccc(C(Br)c2cc(Cl)cc3c2OCC3)cc1F. The topological polar surface area (TPSA) is 9.23 Å². The zero-order chi connectivity index (χ0) is 14.3. The van der Waals surface area contributed by atoms with E-state index in [2.05, 4.69) is 15.9 Å². The molecule has 0 saturated heterocycles. The predicted molar refractivity (Wildman–Crippen MR) is 77.8 cm³/mol. The zero-order valence-electron chi connectivity index (χ0n) is 10.3. The lowest BCUT2D eigenvalue weighted by Crippen LogP contribution is -1.98. The van der Waals surface area contributed by atoms with Crippen molar-refractivity contribution in [1.82, 2.24) is 0 Å². The Balaban J connectivity index is 2.06. The monoisotopic (exact) mass is 358 g/mol. The maximum absolute atomic E-state index is 13.4. The maximum Gasteiger partial charge on any atom is 0.159 e. The van der Waals surface area contributed by atoms with Crippen LogP contribution in [0.25, 0.3) is 0 Å².